The molecule has 22 heavy (non-hydrogen) atoms. The minimum absolute atomic E-state index is 0.178. The number of hydrogen-bond acceptors (Lipinski definition) is 2. The highest BCUT2D eigenvalue weighted by molar-refractivity contribution is 6.09. The Bertz CT molecular complexity index is 680. The van der Waals surface area contributed by atoms with E-state index in [1.54, 1.807) is 30.3 Å². The van der Waals surface area contributed by atoms with E-state index in [1.165, 1.54) is 0 Å². The van der Waals surface area contributed by atoms with Gasteiger partial charge in [-0.3, -0.25) is 9.59 Å². The Balaban J connectivity index is 2.21. The number of carbonyl (C=O) groups excluding carboxylic acids is 2. The minimum atomic E-state index is -0.214. The van der Waals surface area contributed by atoms with Crippen molar-refractivity contribution in [1.29, 1.82) is 0 Å². The molecule has 0 aliphatic heterocycles. The molecule has 0 aliphatic rings. The molecule has 0 fully saturated rings. The minimum Gasteiger partial charge on any atom is -0.352 e. The van der Waals surface area contributed by atoms with Crippen LogP contribution in [0.1, 0.15) is 39.6 Å². The first-order chi connectivity index (χ1) is 10.6. The number of para-hydroxylation sites is 1. The van der Waals surface area contributed by atoms with Gasteiger partial charge in [-0.1, -0.05) is 37.3 Å². The van der Waals surface area contributed by atoms with Gasteiger partial charge < -0.3 is 10.6 Å². The van der Waals surface area contributed by atoms with Gasteiger partial charge in [0.1, 0.15) is 0 Å². The van der Waals surface area contributed by atoms with Crippen LogP contribution in [-0.2, 0) is 0 Å². The van der Waals surface area contributed by atoms with Gasteiger partial charge in [-0.15, -0.1) is 0 Å². The summed E-state index contributed by atoms with van der Waals surface area (Å²) in [5.74, 6) is -0.392. The van der Waals surface area contributed by atoms with Crippen LogP contribution in [0.4, 0.5) is 5.69 Å². The summed E-state index contributed by atoms with van der Waals surface area (Å²) in [7, 11) is 0. The molecule has 2 aromatic rings. The molecule has 0 saturated carbocycles. The Morgan fingerprint density at radius 3 is 2.23 bits per heavy atom. The van der Waals surface area contributed by atoms with Crippen molar-refractivity contribution in [3.8, 4) is 0 Å². The van der Waals surface area contributed by atoms with Crippen molar-refractivity contribution in [2.75, 3.05) is 11.9 Å². The van der Waals surface area contributed by atoms with Gasteiger partial charge in [0, 0.05) is 12.1 Å². The van der Waals surface area contributed by atoms with E-state index in [2.05, 4.69) is 10.6 Å². The second-order valence-electron chi connectivity index (χ2n) is 5.07. The molecular formula is C18H20N2O2. The highest BCUT2D eigenvalue weighted by Crippen LogP contribution is 2.17. The molecule has 0 radical (unpaired) electrons. The molecule has 2 aromatic carbocycles. The first-order valence-electron chi connectivity index (χ1n) is 7.37. The molecular weight excluding hydrogens is 276 g/mol. The maximum absolute atomic E-state index is 12.4. The first-order valence-corrected chi connectivity index (χ1v) is 7.37. The fourth-order valence-corrected chi connectivity index (χ4v) is 2.14. The first kappa shape index (κ1) is 15.8. The van der Waals surface area contributed by atoms with Crippen LogP contribution in [-0.4, -0.2) is 18.4 Å². The number of anilines is 1. The monoisotopic (exact) mass is 296 g/mol. The Morgan fingerprint density at radius 1 is 0.909 bits per heavy atom. The van der Waals surface area contributed by atoms with E-state index in [0.717, 1.165) is 12.0 Å². The van der Waals surface area contributed by atoms with Crippen LogP contribution in [0.25, 0.3) is 0 Å². The third kappa shape index (κ3) is 3.73. The number of amides is 2. The van der Waals surface area contributed by atoms with Gasteiger partial charge >= 0.3 is 0 Å². The maximum Gasteiger partial charge on any atom is 0.255 e. The molecule has 114 valence electrons. The summed E-state index contributed by atoms with van der Waals surface area (Å²) in [5, 5.41) is 5.65. The van der Waals surface area contributed by atoms with E-state index in [4.69, 9.17) is 0 Å². The lowest BCUT2D eigenvalue weighted by Crippen LogP contribution is -2.25. The van der Waals surface area contributed by atoms with Gasteiger partial charge in [0.25, 0.3) is 11.8 Å². The Labute approximate surface area is 130 Å². The van der Waals surface area contributed by atoms with Gasteiger partial charge in [0.15, 0.2) is 0 Å². The molecule has 0 bridgehead atoms. The van der Waals surface area contributed by atoms with E-state index < -0.39 is 0 Å². The fraction of sp³-hybridized carbons (Fsp3) is 0.222. The average Bonchev–Trinajstić information content (AvgIpc) is 2.53. The molecule has 0 aromatic heterocycles. The lowest BCUT2D eigenvalue weighted by atomic mass is 10.1. The molecule has 4 nitrogen and oxygen atoms in total. The molecule has 0 unspecified atom stereocenters. The molecule has 0 atom stereocenters. The SMILES string of the molecule is CCCNC(=O)c1ccccc1NC(=O)c1ccccc1C. The Morgan fingerprint density at radius 2 is 1.55 bits per heavy atom. The van der Waals surface area contributed by atoms with Crippen LogP contribution >= 0.6 is 0 Å². The zero-order valence-electron chi connectivity index (χ0n) is 12.8. The maximum atomic E-state index is 12.4. The Hall–Kier alpha value is -2.62. The molecule has 2 rings (SSSR count). The van der Waals surface area contributed by atoms with Gasteiger partial charge in [0.2, 0.25) is 0 Å². The number of nitrogens with one attached hydrogen (secondary N) is 2. The molecule has 4 heteroatoms. The summed E-state index contributed by atoms with van der Waals surface area (Å²) in [5.41, 5.74) is 2.49. The summed E-state index contributed by atoms with van der Waals surface area (Å²) >= 11 is 0. The fourth-order valence-electron chi connectivity index (χ4n) is 2.14. The predicted molar refractivity (Wildman–Crippen MR) is 88.2 cm³/mol. The van der Waals surface area contributed by atoms with Crippen LogP contribution in [0.5, 0.6) is 0 Å². The standard InChI is InChI=1S/C18H20N2O2/c1-3-12-19-17(21)15-10-6-7-11-16(15)20-18(22)14-9-5-4-8-13(14)2/h4-11H,3,12H2,1-2H3,(H,19,21)(H,20,22). The number of aryl methyl sites for hydroxylation is 1. The lowest BCUT2D eigenvalue weighted by molar-refractivity contribution is 0.0954. The molecule has 0 aliphatic carbocycles. The Kier molecular flexibility index (Phi) is 5.31. The summed E-state index contributed by atoms with van der Waals surface area (Å²) in [6.07, 6.45) is 0.865. The molecule has 0 saturated heterocycles. The van der Waals surface area contributed by atoms with Crippen LogP contribution in [0.3, 0.4) is 0 Å². The van der Waals surface area contributed by atoms with Crippen molar-refractivity contribution < 1.29 is 9.59 Å². The third-order valence-corrected chi connectivity index (χ3v) is 3.35. The number of hydrogen-bond donors (Lipinski definition) is 2. The second-order valence-corrected chi connectivity index (χ2v) is 5.07. The number of carbonyl (C=O) groups is 2. The van der Waals surface area contributed by atoms with E-state index in [-0.39, 0.29) is 11.8 Å². The van der Waals surface area contributed by atoms with Crippen molar-refractivity contribution in [2.24, 2.45) is 0 Å². The smallest absolute Gasteiger partial charge is 0.255 e. The highest BCUT2D eigenvalue weighted by atomic mass is 16.2. The third-order valence-electron chi connectivity index (χ3n) is 3.35. The lowest BCUT2D eigenvalue weighted by Gasteiger charge is -2.12. The predicted octanol–water partition coefficient (Wildman–Crippen LogP) is 3.39. The zero-order chi connectivity index (χ0) is 15.9. The molecule has 2 N–H and O–H groups in total. The summed E-state index contributed by atoms with van der Waals surface area (Å²) in [6.45, 7) is 4.49. The van der Waals surface area contributed by atoms with Crippen molar-refractivity contribution in [1.82, 2.24) is 5.32 Å². The van der Waals surface area contributed by atoms with E-state index in [0.29, 0.717) is 23.4 Å². The van der Waals surface area contributed by atoms with Crippen molar-refractivity contribution >= 4 is 17.5 Å². The normalized spacial score (nSPS) is 10.1. The number of rotatable bonds is 5. The van der Waals surface area contributed by atoms with E-state index >= 15 is 0 Å². The van der Waals surface area contributed by atoms with Crippen molar-refractivity contribution in [2.45, 2.75) is 20.3 Å². The zero-order valence-corrected chi connectivity index (χ0v) is 12.8. The van der Waals surface area contributed by atoms with E-state index in [1.807, 2.05) is 32.0 Å². The topological polar surface area (TPSA) is 58.2 Å². The second kappa shape index (κ2) is 7.41. The number of benzene rings is 2. The van der Waals surface area contributed by atoms with Gasteiger partial charge in [-0.05, 0) is 37.1 Å². The average molecular weight is 296 g/mol. The molecule has 0 heterocycles. The van der Waals surface area contributed by atoms with Crippen LogP contribution in [0.2, 0.25) is 0 Å². The van der Waals surface area contributed by atoms with Crippen molar-refractivity contribution in [3.63, 3.8) is 0 Å². The largest absolute Gasteiger partial charge is 0.352 e. The summed E-state index contributed by atoms with van der Waals surface area (Å²) in [6, 6.07) is 14.4. The van der Waals surface area contributed by atoms with Crippen LogP contribution in [0, 0.1) is 6.92 Å². The molecule has 0 spiro atoms. The van der Waals surface area contributed by atoms with Crippen LogP contribution < -0.4 is 10.6 Å². The van der Waals surface area contributed by atoms with Gasteiger partial charge in [0.05, 0.1) is 11.3 Å². The quantitative estimate of drug-likeness (QED) is 0.888. The van der Waals surface area contributed by atoms with Gasteiger partial charge in [-0.2, -0.15) is 0 Å². The summed E-state index contributed by atoms with van der Waals surface area (Å²) in [4.78, 5) is 24.5. The van der Waals surface area contributed by atoms with Gasteiger partial charge in [-0.25, -0.2) is 0 Å². The highest BCUT2D eigenvalue weighted by Gasteiger charge is 2.14. The summed E-state index contributed by atoms with van der Waals surface area (Å²) < 4.78 is 0. The van der Waals surface area contributed by atoms with Crippen molar-refractivity contribution in [3.05, 3.63) is 65.2 Å². The van der Waals surface area contributed by atoms with Crippen LogP contribution in [0.15, 0.2) is 48.5 Å². The van der Waals surface area contributed by atoms with E-state index in [9.17, 15) is 9.59 Å². The molecule has 2 amide bonds.